The highest BCUT2D eigenvalue weighted by Gasteiger charge is 2.45. The van der Waals surface area contributed by atoms with Gasteiger partial charge in [0.2, 0.25) is 0 Å². The lowest BCUT2D eigenvalue weighted by Gasteiger charge is -2.29. The molecule has 2 fully saturated rings. The Morgan fingerprint density at radius 3 is 2.08 bits per heavy atom. The molecule has 2 aliphatic heterocycles. The first-order valence-corrected chi connectivity index (χ1v) is 4.75. The van der Waals surface area contributed by atoms with E-state index in [1.54, 1.807) is 0 Å². The zero-order chi connectivity index (χ0) is 8.77. The van der Waals surface area contributed by atoms with Gasteiger partial charge in [-0.05, 0) is 19.3 Å². The molecule has 1 heteroatoms. The van der Waals surface area contributed by atoms with Gasteiger partial charge in [-0.1, -0.05) is 31.2 Å². The molecule has 0 aromatic carbocycles. The normalized spacial score (nSPS) is 28.1. The monoisotopic (exact) mass is 163 g/mol. The van der Waals surface area contributed by atoms with Crippen LogP contribution in [0.2, 0.25) is 0 Å². The highest BCUT2D eigenvalue weighted by molar-refractivity contribution is 5.25. The summed E-state index contributed by atoms with van der Waals surface area (Å²) in [7, 11) is 0. The third kappa shape index (κ3) is 0.962. The molecule has 0 spiro atoms. The van der Waals surface area contributed by atoms with Gasteiger partial charge in [-0.2, -0.15) is 0 Å². The van der Waals surface area contributed by atoms with Crippen LogP contribution in [-0.2, 0) is 0 Å². The third-order valence-electron chi connectivity index (χ3n) is 3.32. The van der Waals surface area contributed by atoms with Gasteiger partial charge in [-0.15, -0.1) is 0 Å². The largest absolute Gasteiger partial charge is 0.289 e. The summed E-state index contributed by atoms with van der Waals surface area (Å²) in [5.74, 6) is 0. The first-order chi connectivity index (χ1) is 5.66. The van der Waals surface area contributed by atoms with Gasteiger partial charge in [0.25, 0.3) is 0 Å². The average molecular weight is 163 g/mol. The van der Waals surface area contributed by atoms with Gasteiger partial charge in [0.05, 0.1) is 0 Å². The van der Waals surface area contributed by atoms with Gasteiger partial charge in [0.15, 0.2) is 0 Å². The fraction of sp³-hybridized carbons (Fsp3) is 0.636. The standard InChI is InChI=1S/C11H17N/c1-4-11-5-9(2)7-12(11)8-10(3)6-11/h2-8H2,1H3. The van der Waals surface area contributed by atoms with E-state index in [4.69, 9.17) is 0 Å². The molecule has 0 saturated carbocycles. The smallest absolute Gasteiger partial charge is 0.0288 e. The van der Waals surface area contributed by atoms with Gasteiger partial charge >= 0.3 is 0 Å². The number of rotatable bonds is 1. The number of hydrogen-bond donors (Lipinski definition) is 0. The molecule has 2 saturated heterocycles. The molecule has 66 valence electrons. The predicted octanol–water partition coefficient (Wildman–Crippen LogP) is 2.36. The minimum Gasteiger partial charge on any atom is -0.289 e. The topological polar surface area (TPSA) is 3.24 Å². The number of nitrogens with zero attached hydrogens (tertiary/aromatic N) is 1. The third-order valence-corrected chi connectivity index (χ3v) is 3.32. The van der Waals surface area contributed by atoms with E-state index in [1.807, 2.05) is 0 Å². The molecule has 0 atom stereocenters. The van der Waals surface area contributed by atoms with Gasteiger partial charge in [-0.3, -0.25) is 4.90 Å². The Balaban J connectivity index is 2.26. The summed E-state index contributed by atoms with van der Waals surface area (Å²) >= 11 is 0. The van der Waals surface area contributed by atoms with Crippen LogP contribution in [0.25, 0.3) is 0 Å². The van der Waals surface area contributed by atoms with E-state index in [9.17, 15) is 0 Å². The van der Waals surface area contributed by atoms with Gasteiger partial charge in [0.1, 0.15) is 0 Å². The first kappa shape index (κ1) is 8.06. The van der Waals surface area contributed by atoms with E-state index < -0.39 is 0 Å². The zero-order valence-corrected chi connectivity index (χ0v) is 7.90. The Morgan fingerprint density at radius 2 is 1.75 bits per heavy atom. The quantitative estimate of drug-likeness (QED) is 0.536. The van der Waals surface area contributed by atoms with E-state index in [2.05, 4.69) is 25.0 Å². The van der Waals surface area contributed by atoms with Gasteiger partial charge in [0, 0.05) is 18.6 Å². The van der Waals surface area contributed by atoms with Crippen molar-refractivity contribution in [1.82, 2.24) is 4.90 Å². The molecule has 0 unspecified atom stereocenters. The van der Waals surface area contributed by atoms with E-state index in [1.165, 1.54) is 30.4 Å². The van der Waals surface area contributed by atoms with Crippen molar-refractivity contribution in [2.75, 3.05) is 13.1 Å². The van der Waals surface area contributed by atoms with Crippen LogP contribution in [0, 0.1) is 0 Å². The molecular formula is C11H17N. The van der Waals surface area contributed by atoms with Crippen LogP contribution in [0.15, 0.2) is 24.3 Å². The van der Waals surface area contributed by atoms with Crippen LogP contribution in [-0.4, -0.2) is 23.5 Å². The Hall–Kier alpha value is -0.560. The Labute approximate surface area is 74.8 Å². The molecule has 2 heterocycles. The van der Waals surface area contributed by atoms with E-state index in [0.29, 0.717) is 5.54 Å². The summed E-state index contributed by atoms with van der Waals surface area (Å²) in [4.78, 5) is 2.55. The van der Waals surface area contributed by atoms with Crippen LogP contribution in [0.1, 0.15) is 26.2 Å². The molecule has 12 heavy (non-hydrogen) atoms. The van der Waals surface area contributed by atoms with E-state index >= 15 is 0 Å². The predicted molar refractivity (Wildman–Crippen MR) is 52.1 cm³/mol. The fourth-order valence-electron chi connectivity index (χ4n) is 2.73. The summed E-state index contributed by atoms with van der Waals surface area (Å²) in [5.41, 5.74) is 3.24. The van der Waals surface area contributed by atoms with Crippen molar-refractivity contribution in [3.8, 4) is 0 Å². The second-order valence-electron chi connectivity index (χ2n) is 4.29. The summed E-state index contributed by atoms with van der Waals surface area (Å²) in [5, 5.41) is 0. The fourth-order valence-corrected chi connectivity index (χ4v) is 2.73. The molecular weight excluding hydrogens is 146 g/mol. The van der Waals surface area contributed by atoms with Crippen LogP contribution in [0.5, 0.6) is 0 Å². The first-order valence-electron chi connectivity index (χ1n) is 4.75. The lowest BCUT2D eigenvalue weighted by atomic mass is 9.89. The molecule has 2 rings (SSSR count). The maximum atomic E-state index is 4.08. The summed E-state index contributed by atoms with van der Waals surface area (Å²) in [6.45, 7) is 12.7. The Kier molecular flexibility index (Phi) is 1.65. The minimum atomic E-state index is 0.425. The van der Waals surface area contributed by atoms with E-state index in [-0.39, 0.29) is 0 Å². The highest BCUT2D eigenvalue weighted by Crippen LogP contribution is 2.44. The van der Waals surface area contributed by atoms with Crippen LogP contribution < -0.4 is 0 Å². The minimum absolute atomic E-state index is 0.425. The maximum absolute atomic E-state index is 4.08. The number of fused-ring (bicyclic) bond motifs is 1. The zero-order valence-electron chi connectivity index (χ0n) is 7.90. The van der Waals surface area contributed by atoms with Crippen molar-refractivity contribution in [3.05, 3.63) is 24.3 Å². The molecule has 2 aliphatic rings. The summed E-state index contributed by atoms with van der Waals surface area (Å²) in [6.07, 6.45) is 3.64. The SMILES string of the molecule is C=C1CN2CC(=C)CC2(CC)C1. The molecule has 1 nitrogen and oxygen atoms in total. The van der Waals surface area contributed by atoms with Crippen molar-refractivity contribution < 1.29 is 0 Å². The molecule has 0 aliphatic carbocycles. The van der Waals surface area contributed by atoms with Crippen LogP contribution in [0.3, 0.4) is 0 Å². The van der Waals surface area contributed by atoms with Gasteiger partial charge < -0.3 is 0 Å². The lowest BCUT2D eigenvalue weighted by Crippen LogP contribution is -2.37. The molecule has 0 aromatic heterocycles. The maximum Gasteiger partial charge on any atom is 0.0288 e. The average Bonchev–Trinajstić information content (AvgIpc) is 2.40. The Morgan fingerprint density at radius 1 is 1.25 bits per heavy atom. The highest BCUT2D eigenvalue weighted by atomic mass is 15.2. The molecule has 0 radical (unpaired) electrons. The van der Waals surface area contributed by atoms with E-state index in [0.717, 1.165) is 13.1 Å². The van der Waals surface area contributed by atoms with Crippen molar-refractivity contribution in [1.29, 1.82) is 0 Å². The van der Waals surface area contributed by atoms with Crippen LogP contribution in [0.4, 0.5) is 0 Å². The number of hydrogen-bond acceptors (Lipinski definition) is 1. The molecule has 0 bridgehead atoms. The second-order valence-corrected chi connectivity index (χ2v) is 4.29. The van der Waals surface area contributed by atoms with Crippen molar-refractivity contribution >= 4 is 0 Å². The lowest BCUT2D eigenvalue weighted by molar-refractivity contribution is 0.189. The Bertz CT molecular complexity index is 219. The van der Waals surface area contributed by atoms with Crippen molar-refractivity contribution in [3.63, 3.8) is 0 Å². The second kappa shape index (κ2) is 2.46. The molecule has 0 N–H and O–H groups in total. The van der Waals surface area contributed by atoms with Crippen molar-refractivity contribution in [2.24, 2.45) is 0 Å². The van der Waals surface area contributed by atoms with Crippen molar-refractivity contribution in [2.45, 2.75) is 31.7 Å². The summed E-state index contributed by atoms with van der Waals surface area (Å²) < 4.78 is 0. The van der Waals surface area contributed by atoms with Crippen LogP contribution >= 0.6 is 0 Å². The summed E-state index contributed by atoms with van der Waals surface area (Å²) in [6, 6.07) is 0. The molecule has 0 amide bonds. The van der Waals surface area contributed by atoms with Gasteiger partial charge in [-0.25, -0.2) is 0 Å². The molecule has 0 aromatic rings.